The molecule has 7 heteroatoms. The quantitative estimate of drug-likeness (QED) is 0.275. The molecule has 0 aliphatic carbocycles. The fourth-order valence-corrected chi connectivity index (χ4v) is 5.35. The van der Waals surface area contributed by atoms with Crippen molar-refractivity contribution in [3.63, 3.8) is 0 Å². The van der Waals surface area contributed by atoms with Crippen LogP contribution in [0.2, 0.25) is 0 Å². The zero-order valence-electron chi connectivity index (χ0n) is 23.9. The summed E-state index contributed by atoms with van der Waals surface area (Å²) in [6, 6.07) is 25.5. The number of likely N-dealkylation sites (tertiary alicyclic amines) is 1. The van der Waals surface area contributed by atoms with Crippen LogP contribution in [0.5, 0.6) is 5.75 Å². The molecule has 1 fully saturated rings. The highest BCUT2D eigenvalue weighted by Crippen LogP contribution is 2.20. The van der Waals surface area contributed by atoms with E-state index < -0.39 is 0 Å². The number of nitrogens with zero attached hydrogens (tertiary/aromatic N) is 3. The Hall–Kier alpha value is -4.23. The predicted molar refractivity (Wildman–Crippen MR) is 162 cm³/mol. The van der Waals surface area contributed by atoms with E-state index in [1.807, 2.05) is 85.5 Å². The van der Waals surface area contributed by atoms with Crippen LogP contribution in [-0.2, 0) is 13.2 Å². The van der Waals surface area contributed by atoms with E-state index >= 15 is 0 Å². The van der Waals surface area contributed by atoms with Gasteiger partial charge in [0.1, 0.15) is 12.4 Å². The van der Waals surface area contributed by atoms with Crippen LogP contribution in [0.4, 0.5) is 0 Å². The average molecular weight is 551 g/mol. The second-order valence-corrected chi connectivity index (χ2v) is 10.5. The summed E-state index contributed by atoms with van der Waals surface area (Å²) in [7, 11) is 0. The first-order valence-electron chi connectivity index (χ1n) is 14.5. The Bertz CT molecular complexity index is 1450. The molecule has 1 N–H and O–H groups in total. The molecular weight excluding hydrogens is 512 g/mol. The van der Waals surface area contributed by atoms with Gasteiger partial charge >= 0.3 is 0 Å². The Morgan fingerprint density at radius 1 is 0.902 bits per heavy atom. The zero-order valence-corrected chi connectivity index (χ0v) is 23.9. The first-order valence-corrected chi connectivity index (χ1v) is 14.5. The lowest BCUT2D eigenvalue weighted by atomic mass is 10.0. The first-order chi connectivity index (χ1) is 20.0. The lowest BCUT2D eigenvalue weighted by Gasteiger charge is -2.32. The summed E-state index contributed by atoms with van der Waals surface area (Å²) < 4.78 is 6.00. The number of hydrogen-bond donors (Lipinski definition) is 1. The van der Waals surface area contributed by atoms with E-state index in [1.165, 1.54) is 5.56 Å². The number of amides is 2. The molecule has 2 amide bonds. The predicted octanol–water partition coefficient (Wildman–Crippen LogP) is 5.69. The van der Waals surface area contributed by atoms with Gasteiger partial charge in [-0.05, 0) is 80.8 Å². The number of piperidine rings is 1. The van der Waals surface area contributed by atoms with Crippen molar-refractivity contribution >= 4 is 22.7 Å². The van der Waals surface area contributed by atoms with E-state index in [-0.39, 0.29) is 17.9 Å². The SMILES string of the molecule is CCN(CC)C(=O)c1ccc(CN2CCC(NC(=O)c3ccc(OCc4ccnc5ccccc45)cc3)CC2)cc1. The third-order valence-electron chi connectivity index (χ3n) is 7.83. The van der Waals surface area contributed by atoms with E-state index in [1.54, 1.807) is 6.20 Å². The lowest BCUT2D eigenvalue weighted by Crippen LogP contribution is -2.44. The molecule has 1 aliphatic heterocycles. The molecule has 1 aromatic heterocycles. The maximum Gasteiger partial charge on any atom is 0.253 e. The molecule has 1 saturated heterocycles. The Morgan fingerprint density at radius 3 is 2.29 bits per heavy atom. The number of aromatic nitrogens is 1. The number of fused-ring (bicyclic) bond motifs is 1. The van der Waals surface area contributed by atoms with Gasteiger partial charge in [-0.1, -0.05) is 30.3 Å². The highest BCUT2D eigenvalue weighted by atomic mass is 16.5. The fraction of sp³-hybridized carbons (Fsp3) is 0.324. The van der Waals surface area contributed by atoms with Gasteiger partial charge in [-0.3, -0.25) is 19.5 Å². The molecule has 3 aromatic carbocycles. The van der Waals surface area contributed by atoms with Gasteiger partial charge in [-0.25, -0.2) is 0 Å². The van der Waals surface area contributed by atoms with Gasteiger partial charge in [-0.15, -0.1) is 0 Å². The van der Waals surface area contributed by atoms with Crippen molar-refractivity contribution in [2.45, 2.75) is 45.9 Å². The minimum absolute atomic E-state index is 0.0522. The number of benzene rings is 3. The number of ether oxygens (including phenoxy) is 1. The third kappa shape index (κ3) is 7.11. The number of para-hydroxylation sites is 1. The second kappa shape index (κ2) is 13.4. The van der Waals surface area contributed by atoms with Gasteiger partial charge in [0.05, 0.1) is 5.52 Å². The highest BCUT2D eigenvalue weighted by molar-refractivity contribution is 5.95. The number of hydrogen-bond acceptors (Lipinski definition) is 5. The van der Waals surface area contributed by atoms with Crippen LogP contribution in [0.1, 0.15) is 58.5 Å². The maximum absolute atomic E-state index is 12.9. The van der Waals surface area contributed by atoms with Gasteiger partial charge < -0.3 is 15.0 Å². The molecule has 0 spiro atoms. The van der Waals surface area contributed by atoms with E-state index in [9.17, 15) is 9.59 Å². The summed E-state index contributed by atoms with van der Waals surface area (Å²) >= 11 is 0. The van der Waals surface area contributed by atoms with Crippen molar-refractivity contribution < 1.29 is 14.3 Å². The van der Waals surface area contributed by atoms with Crippen LogP contribution in [0.15, 0.2) is 85.1 Å². The van der Waals surface area contributed by atoms with Crippen molar-refractivity contribution in [1.29, 1.82) is 0 Å². The van der Waals surface area contributed by atoms with Crippen LogP contribution in [-0.4, -0.2) is 58.8 Å². The average Bonchev–Trinajstić information content (AvgIpc) is 3.02. The second-order valence-electron chi connectivity index (χ2n) is 10.5. The van der Waals surface area contributed by atoms with Crippen molar-refractivity contribution in [2.24, 2.45) is 0 Å². The highest BCUT2D eigenvalue weighted by Gasteiger charge is 2.21. The molecule has 0 bridgehead atoms. The number of carbonyl (C=O) groups is 2. The largest absolute Gasteiger partial charge is 0.489 e. The van der Waals surface area contributed by atoms with Crippen molar-refractivity contribution in [1.82, 2.24) is 20.1 Å². The van der Waals surface area contributed by atoms with Crippen LogP contribution in [0.25, 0.3) is 10.9 Å². The van der Waals surface area contributed by atoms with E-state index in [0.717, 1.165) is 60.3 Å². The van der Waals surface area contributed by atoms with Gasteiger partial charge in [-0.2, -0.15) is 0 Å². The molecule has 7 nitrogen and oxygen atoms in total. The summed E-state index contributed by atoms with van der Waals surface area (Å²) in [6.07, 6.45) is 3.62. The molecule has 1 aliphatic rings. The molecule has 5 rings (SSSR count). The van der Waals surface area contributed by atoms with E-state index in [0.29, 0.717) is 25.3 Å². The molecule has 2 heterocycles. The molecule has 0 saturated carbocycles. The Morgan fingerprint density at radius 2 is 1.59 bits per heavy atom. The summed E-state index contributed by atoms with van der Waals surface area (Å²) in [5, 5.41) is 4.28. The number of carbonyl (C=O) groups excluding carboxylic acids is 2. The zero-order chi connectivity index (χ0) is 28.6. The summed E-state index contributed by atoms with van der Waals surface area (Å²) in [5.41, 5.74) is 4.59. The normalized spacial score (nSPS) is 14.1. The number of nitrogens with one attached hydrogen (secondary N) is 1. The minimum atomic E-state index is -0.0522. The Kier molecular flexibility index (Phi) is 9.26. The summed E-state index contributed by atoms with van der Waals surface area (Å²) in [4.78, 5) is 34.1. The maximum atomic E-state index is 12.9. The van der Waals surface area contributed by atoms with E-state index in [4.69, 9.17) is 4.74 Å². The summed E-state index contributed by atoms with van der Waals surface area (Å²) in [5.74, 6) is 0.753. The molecule has 0 atom stereocenters. The molecule has 212 valence electrons. The molecule has 0 unspecified atom stereocenters. The fourth-order valence-electron chi connectivity index (χ4n) is 5.35. The number of rotatable bonds is 10. The standard InChI is InChI=1S/C34H38N4O3/c1-3-38(4-2)34(40)27-11-9-25(10-12-27)23-37-21-18-29(19-22-37)36-33(39)26-13-15-30(16-14-26)41-24-28-17-20-35-32-8-6-5-7-31(28)32/h5-17,20,29H,3-4,18-19,21-24H2,1-2H3,(H,36,39). The monoisotopic (exact) mass is 550 g/mol. The lowest BCUT2D eigenvalue weighted by molar-refractivity contribution is 0.0772. The van der Waals surface area contributed by atoms with Crippen molar-refractivity contribution in [2.75, 3.05) is 26.2 Å². The molecule has 4 aromatic rings. The van der Waals surface area contributed by atoms with Gasteiger partial charge in [0.2, 0.25) is 0 Å². The molecule has 41 heavy (non-hydrogen) atoms. The molecule has 0 radical (unpaired) electrons. The van der Waals surface area contributed by atoms with Crippen LogP contribution >= 0.6 is 0 Å². The smallest absolute Gasteiger partial charge is 0.253 e. The van der Waals surface area contributed by atoms with Gasteiger partial charge in [0.25, 0.3) is 11.8 Å². The topological polar surface area (TPSA) is 74.8 Å². The third-order valence-corrected chi connectivity index (χ3v) is 7.83. The van der Waals surface area contributed by atoms with Crippen LogP contribution < -0.4 is 10.1 Å². The van der Waals surface area contributed by atoms with Gasteiger partial charge in [0, 0.05) is 67.0 Å². The van der Waals surface area contributed by atoms with Gasteiger partial charge in [0.15, 0.2) is 0 Å². The number of pyridine rings is 1. The van der Waals surface area contributed by atoms with Crippen molar-refractivity contribution in [3.05, 3.63) is 107 Å². The van der Waals surface area contributed by atoms with Crippen molar-refractivity contribution in [3.8, 4) is 5.75 Å². The molecular formula is C34H38N4O3. The minimum Gasteiger partial charge on any atom is -0.489 e. The van der Waals surface area contributed by atoms with Crippen LogP contribution in [0.3, 0.4) is 0 Å². The van der Waals surface area contributed by atoms with E-state index in [2.05, 4.69) is 27.3 Å². The first kappa shape index (κ1) is 28.3. The Balaban J connectivity index is 1.07. The van der Waals surface area contributed by atoms with Crippen LogP contribution in [0, 0.1) is 0 Å². The Labute approximate surface area is 242 Å². The summed E-state index contributed by atoms with van der Waals surface area (Å²) in [6.45, 7) is 8.55.